The molecule has 5 nitrogen and oxygen atoms in total. The van der Waals surface area contributed by atoms with Crippen molar-refractivity contribution in [3.05, 3.63) is 52.2 Å². The smallest absolute Gasteiger partial charge is 0.346 e. The molecule has 2 N–H and O–H groups in total. The molecule has 0 aliphatic carbocycles. The van der Waals surface area contributed by atoms with Crippen LogP contribution in [0.25, 0.3) is 0 Å². The Morgan fingerprint density at radius 2 is 1.67 bits per heavy atom. The molecule has 1 aliphatic heterocycles. The molecule has 2 amide bonds. The maximum absolute atomic E-state index is 12.6. The third-order valence-corrected chi connectivity index (χ3v) is 5.84. The third-order valence-electron chi connectivity index (χ3n) is 5.14. The number of anilines is 1. The Morgan fingerprint density at radius 1 is 1.00 bits per heavy atom. The number of benzene rings is 1. The van der Waals surface area contributed by atoms with Crippen molar-refractivity contribution in [2.24, 2.45) is 0 Å². The van der Waals surface area contributed by atoms with Crippen molar-refractivity contribution < 1.29 is 22.8 Å². The summed E-state index contributed by atoms with van der Waals surface area (Å²) in [5.41, 5.74) is 0.413. The van der Waals surface area contributed by atoms with Crippen molar-refractivity contribution >= 4 is 28.8 Å². The van der Waals surface area contributed by atoms with Gasteiger partial charge in [-0.3, -0.25) is 14.5 Å². The molecule has 1 saturated heterocycles. The molecule has 9 heteroatoms. The van der Waals surface area contributed by atoms with Crippen molar-refractivity contribution in [1.82, 2.24) is 10.2 Å². The summed E-state index contributed by atoms with van der Waals surface area (Å²) in [4.78, 5) is 26.8. The second-order valence-electron chi connectivity index (χ2n) is 7.26. The normalized spacial score (nSPS) is 16.5. The number of halogens is 3. The monoisotopic (exact) mass is 439 g/mol. The van der Waals surface area contributed by atoms with Crippen LogP contribution in [0, 0.1) is 0 Å². The molecular weight excluding hydrogens is 415 g/mol. The Hall–Kier alpha value is -2.39. The molecule has 3 rings (SSSR count). The first-order chi connectivity index (χ1) is 14.3. The third kappa shape index (κ3) is 6.06. The van der Waals surface area contributed by atoms with Gasteiger partial charge in [0.05, 0.1) is 11.6 Å². The van der Waals surface area contributed by atoms with Gasteiger partial charge in [0, 0.05) is 12.2 Å². The van der Waals surface area contributed by atoms with Gasteiger partial charge in [0.1, 0.15) is 0 Å². The summed E-state index contributed by atoms with van der Waals surface area (Å²) in [6.07, 6.45) is 0.124. The number of thiophene rings is 1. The van der Waals surface area contributed by atoms with E-state index < -0.39 is 23.6 Å². The molecule has 1 unspecified atom stereocenters. The molecule has 1 aromatic carbocycles. The van der Waals surface area contributed by atoms with E-state index >= 15 is 0 Å². The van der Waals surface area contributed by atoms with E-state index in [0.717, 1.165) is 55.8 Å². The number of alkyl halides is 3. The number of carbonyl (C=O) groups is 2. The second kappa shape index (κ2) is 10.1. The second-order valence-corrected chi connectivity index (χ2v) is 8.04. The van der Waals surface area contributed by atoms with E-state index in [1.54, 1.807) is 11.3 Å². The van der Waals surface area contributed by atoms with Gasteiger partial charge in [-0.15, -0.1) is 0 Å². The number of hydrogen-bond donors (Lipinski definition) is 2. The van der Waals surface area contributed by atoms with Gasteiger partial charge in [-0.25, -0.2) is 0 Å². The Labute approximate surface area is 177 Å². The summed E-state index contributed by atoms with van der Waals surface area (Å²) in [5, 5.41) is 9.05. The number of likely N-dealkylation sites (tertiary alicyclic amines) is 1. The lowest BCUT2D eigenvalue weighted by Gasteiger charge is -2.30. The first-order valence-electron chi connectivity index (χ1n) is 9.87. The van der Waals surface area contributed by atoms with E-state index in [2.05, 4.69) is 15.5 Å². The average molecular weight is 440 g/mol. The molecule has 1 aliphatic rings. The molecule has 1 aromatic heterocycles. The fourth-order valence-corrected chi connectivity index (χ4v) is 4.24. The highest BCUT2D eigenvalue weighted by molar-refractivity contribution is 7.08. The first kappa shape index (κ1) is 22.3. The van der Waals surface area contributed by atoms with Gasteiger partial charge in [-0.2, -0.15) is 24.5 Å². The van der Waals surface area contributed by atoms with Gasteiger partial charge < -0.3 is 10.6 Å². The zero-order valence-corrected chi connectivity index (χ0v) is 17.2. The van der Waals surface area contributed by atoms with Crippen molar-refractivity contribution in [1.29, 1.82) is 0 Å². The van der Waals surface area contributed by atoms with E-state index in [9.17, 15) is 22.8 Å². The number of hydrogen-bond acceptors (Lipinski definition) is 4. The molecule has 0 bridgehead atoms. The highest BCUT2D eigenvalue weighted by Crippen LogP contribution is 2.30. The number of nitrogens with one attached hydrogen (secondary N) is 2. The highest BCUT2D eigenvalue weighted by atomic mass is 32.1. The minimum Gasteiger partial charge on any atom is -0.346 e. The molecule has 0 saturated carbocycles. The van der Waals surface area contributed by atoms with E-state index in [-0.39, 0.29) is 18.3 Å². The van der Waals surface area contributed by atoms with Gasteiger partial charge in [0.25, 0.3) is 0 Å². The maximum atomic E-state index is 12.6. The highest BCUT2D eigenvalue weighted by Gasteiger charge is 2.30. The molecule has 2 aromatic rings. The predicted octanol–water partition coefficient (Wildman–Crippen LogP) is 4.44. The van der Waals surface area contributed by atoms with E-state index in [0.29, 0.717) is 0 Å². The van der Waals surface area contributed by atoms with Gasteiger partial charge in [0.15, 0.2) is 0 Å². The van der Waals surface area contributed by atoms with E-state index in [1.165, 1.54) is 12.8 Å². The van der Waals surface area contributed by atoms with Crippen LogP contribution in [-0.2, 0) is 15.8 Å². The molecule has 1 atom stereocenters. The van der Waals surface area contributed by atoms with Crippen molar-refractivity contribution in [3.63, 3.8) is 0 Å². The van der Waals surface area contributed by atoms with Crippen LogP contribution >= 0.6 is 11.3 Å². The minimum absolute atomic E-state index is 0.0165. The van der Waals surface area contributed by atoms with Crippen molar-refractivity contribution in [3.8, 4) is 0 Å². The molecule has 0 radical (unpaired) electrons. The number of carbonyl (C=O) groups excluding carboxylic acids is 2. The van der Waals surface area contributed by atoms with Crippen LogP contribution in [0.15, 0.2) is 41.1 Å². The summed E-state index contributed by atoms with van der Waals surface area (Å²) in [6.45, 7) is 2.16. The Morgan fingerprint density at radius 3 is 2.23 bits per heavy atom. The minimum atomic E-state index is -4.45. The average Bonchev–Trinajstić information content (AvgIpc) is 3.10. The largest absolute Gasteiger partial charge is 0.416 e. The summed E-state index contributed by atoms with van der Waals surface area (Å²) < 4.78 is 37.9. The molecule has 2 heterocycles. The Kier molecular flexibility index (Phi) is 7.49. The van der Waals surface area contributed by atoms with Gasteiger partial charge in [0.2, 0.25) is 0 Å². The molecule has 1 fully saturated rings. The fraction of sp³-hybridized carbons (Fsp3) is 0.429. The molecular formula is C21H24F3N3O2S. The summed E-state index contributed by atoms with van der Waals surface area (Å²) in [6, 6.07) is 5.98. The zero-order valence-electron chi connectivity index (χ0n) is 16.4. The Balaban J connectivity index is 1.58. The maximum Gasteiger partial charge on any atom is 0.416 e. The van der Waals surface area contributed by atoms with Crippen LogP contribution in [0.3, 0.4) is 0 Å². The number of nitrogens with zero attached hydrogens (tertiary/aromatic N) is 1. The zero-order chi connectivity index (χ0) is 21.6. The molecule has 0 spiro atoms. The first-order valence-corrected chi connectivity index (χ1v) is 10.8. The van der Waals surface area contributed by atoms with E-state index in [1.807, 2.05) is 16.8 Å². The quantitative estimate of drug-likeness (QED) is 0.678. The lowest BCUT2D eigenvalue weighted by Crippen LogP contribution is -2.42. The van der Waals surface area contributed by atoms with Crippen LogP contribution in [0.5, 0.6) is 0 Å². The summed E-state index contributed by atoms with van der Waals surface area (Å²) in [7, 11) is 0. The van der Waals surface area contributed by atoms with Crippen LogP contribution < -0.4 is 10.6 Å². The van der Waals surface area contributed by atoms with Crippen LogP contribution in [0.1, 0.15) is 42.9 Å². The topological polar surface area (TPSA) is 61.4 Å². The van der Waals surface area contributed by atoms with Gasteiger partial charge in [-0.1, -0.05) is 12.8 Å². The van der Waals surface area contributed by atoms with Crippen LogP contribution in [0.2, 0.25) is 0 Å². The van der Waals surface area contributed by atoms with E-state index in [4.69, 9.17) is 0 Å². The standard InChI is InChI=1S/C21H24F3N3O2S/c22-21(23,24)16-5-7-17(8-6-16)26-20(29)19(28)25-13-18(15-9-12-30-14-15)27-10-3-1-2-4-11-27/h5-9,12,14,18H,1-4,10-11,13H2,(H,25,28)(H,26,29). The summed E-state index contributed by atoms with van der Waals surface area (Å²) in [5.74, 6) is -1.72. The summed E-state index contributed by atoms with van der Waals surface area (Å²) >= 11 is 1.58. The van der Waals surface area contributed by atoms with Crippen LogP contribution in [0.4, 0.5) is 18.9 Å². The van der Waals surface area contributed by atoms with Gasteiger partial charge in [-0.05, 0) is 72.6 Å². The van der Waals surface area contributed by atoms with Crippen LogP contribution in [-0.4, -0.2) is 36.3 Å². The van der Waals surface area contributed by atoms with Crippen molar-refractivity contribution in [2.75, 3.05) is 25.0 Å². The Bertz CT molecular complexity index is 830. The SMILES string of the molecule is O=C(NCC(c1ccsc1)N1CCCCCC1)C(=O)Nc1ccc(C(F)(F)F)cc1. The number of amides is 2. The lowest BCUT2D eigenvalue weighted by atomic mass is 10.1. The molecule has 162 valence electrons. The lowest BCUT2D eigenvalue weighted by molar-refractivity contribution is -0.137. The fourth-order valence-electron chi connectivity index (χ4n) is 3.53. The number of rotatable bonds is 5. The van der Waals surface area contributed by atoms with Gasteiger partial charge >= 0.3 is 18.0 Å². The van der Waals surface area contributed by atoms with Crippen molar-refractivity contribution in [2.45, 2.75) is 37.9 Å². The molecule has 30 heavy (non-hydrogen) atoms. The predicted molar refractivity (Wildman–Crippen MR) is 110 cm³/mol.